The normalized spacial score (nSPS) is 8.08. The van der Waals surface area contributed by atoms with Gasteiger partial charge in [0.15, 0.2) is 0 Å². The van der Waals surface area contributed by atoms with Crippen molar-refractivity contribution >= 4 is 0 Å². The summed E-state index contributed by atoms with van der Waals surface area (Å²) in [5, 5.41) is 0. The predicted molar refractivity (Wildman–Crippen MR) is 45.8 cm³/mol. The molecule has 0 unspecified atom stereocenters. The molecule has 1 rings (SSSR count). The van der Waals surface area contributed by atoms with Gasteiger partial charge in [0, 0.05) is 6.07 Å². The summed E-state index contributed by atoms with van der Waals surface area (Å²) >= 11 is 0. The van der Waals surface area contributed by atoms with E-state index in [4.69, 9.17) is 15.9 Å². The van der Waals surface area contributed by atoms with Crippen LogP contribution in [0, 0.1) is 12.3 Å². The Balaban J connectivity index is 0.00000144. The van der Waals surface area contributed by atoms with Gasteiger partial charge in [-0.25, -0.2) is 0 Å². The Kier molecular flexibility index (Phi) is 5.06. The Hall–Kier alpha value is -1.10. The standard InChI is InChI=1S/C10H9O2.Cu/c1-4-8-5-6-9(11-2)7-10(8)12-3;/h5-7H,2-3H3;/q-1;+2. The fourth-order valence-electron chi connectivity index (χ4n) is 0.902. The van der Waals surface area contributed by atoms with Gasteiger partial charge < -0.3 is 15.9 Å². The number of benzene rings is 1. The molecular weight excluding hydrogens is 216 g/mol. The Morgan fingerprint density at radius 3 is 2.38 bits per heavy atom. The van der Waals surface area contributed by atoms with E-state index >= 15 is 0 Å². The molecule has 0 aliphatic carbocycles. The quantitative estimate of drug-likeness (QED) is 0.432. The van der Waals surface area contributed by atoms with Gasteiger partial charge in [-0.15, -0.1) is 6.07 Å². The Morgan fingerprint density at radius 1 is 1.23 bits per heavy atom. The minimum Gasteiger partial charge on any atom is -0.514 e. The van der Waals surface area contributed by atoms with Crippen molar-refractivity contribution < 1.29 is 26.5 Å². The Labute approximate surface area is 88.7 Å². The van der Waals surface area contributed by atoms with Gasteiger partial charge in [-0.05, 0) is 6.07 Å². The summed E-state index contributed by atoms with van der Waals surface area (Å²) in [4.78, 5) is 0. The second-order valence-corrected chi connectivity index (χ2v) is 2.19. The maximum Gasteiger partial charge on any atom is 2.00 e. The van der Waals surface area contributed by atoms with E-state index in [1.165, 1.54) is 0 Å². The fraction of sp³-hybridized carbons (Fsp3) is 0.200. The molecule has 0 aliphatic rings. The van der Waals surface area contributed by atoms with E-state index in [0.717, 1.165) is 0 Å². The molecule has 0 saturated heterocycles. The molecule has 0 amide bonds. The van der Waals surface area contributed by atoms with Crippen LogP contribution in [-0.2, 0) is 17.1 Å². The zero-order valence-corrected chi connectivity index (χ0v) is 8.29. The first-order chi connectivity index (χ1) is 5.81. The molecule has 13 heavy (non-hydrogen) atoms. The summed E-state index contributed by atoms with van der Waals surface area (Å²) in [5.41, 5.74) is 0.623. The first-order valence-electron chi connectivity index (χ1n) is 3.46. The second kappa shape index (κ2) is 5.53. The van der Waals surface area contributed by atoms with Gasteiger partial charge in [0.25, 0.3) is 0 Å². The summed E-state index contributed by atoms with van der Waals surface area (Å²) in [6.45, 7) is 0. The van der Waals surface area contributed by atoms with Crippen molar-refractivity contribution in [2.45, 2.75) is 0 Å². The summed E-state index contributed by atoms with van der Waals surface area (Å²) in [6, 6.07) is 5.21. The van der Waals surface area contributed by atoms with Gasteiger partial charge in [-0.1, -0.05) is 5.56 Å². The van der Waals surface area contributed by atoms with Crippen LogP contribution in [0.3, 0.4) is 0 Å². The van der Waals surface area contributed by atoms with Crippen LogP contribution in [0.2, 0.25) is 0 Å². The average Bonchev–Trinajstić information content (AvgIpc) is 2.16. The van der Waals surface area contributed by atoms with Crippen LogP contribution >= 0.6 is 0 Å². The number of methoxy groups -OCH3 is 2. The molecule has 71 valence electrons. The molecular formula is C10H9CuO2+. The van der Waals surface area contributed by atoms with Crippen LogP contribution in [0.25, 0.3) is 0 Å². The summed E-state index contributed by atoms with van der Waals surface area (Å²) in [5.74, 6) is 3.58. The molecule has 1 radical (unpaired) electrons. The van der Waals surface area contributed by atoms with E-state index in [1.54, 1.807) is 32.4 Å². The van der Waals surface area contributed by atoms with Crippen LogP contribution in [0.1, 0.15) is 5.56 Å². The summed E-state index contributed by atoms with van der Waals surface area (Å²) < 4.78 is 10.0. The molecule has 2 nitrogen and oxygen atoms in total. The number of ether oxygens (including phenoxy) is 2. The molecule has 0 heterocycles. The number of hydrogen-bond donors (Lipinski definition) is 0. The number of hydrogen-bond acceptors (Lipinski definition) is 2. The van der Waals surface area contributed by atoms with E-state index in [9.17, 15) is 0 Å². The van der Waals surface area contributed by atoms with Crippen LogP contribution in [0.5, 0.6) is 11.5 Å². The zero-order chi connectivity index (χ0) is 8.97. The van der Waals surface area contributed by atoms with Crippen LogP contribution in [-0.4, -0.2) is 14.2 Å². The van der Waals surface area contributed by atoms with Gasteiger partial charge in [0.2, 0.25) is 0 Å². The monoisotopic (exact) mass is 224 g/mol. The second-order valence-electron chi connectivity index (χ2n) is 2.19. The molecule has 0 bridgehead atoms. The van der Waals surface area contributed by atoms with Crippen molar-refractivity contribution in [2.24, 2.45) is 0 Å². The fourth-order valence-corrected chi connectivity index (χ4v) is 0.902. The van der Waals surface area contributed by atoms with Crippen molar-refractivity contribution in [3.63, 3.8) is 0 Å². The van der Waals surface area contributed by atoms with Gasteiger partial charge >= 0.3 is 17.1 Å². The van der Waals surface area contributed by atoms with E-state index in [1.807, 2.05) is 0 Å². The topological polar surface area (TPSA) is 18.5 Å². The van der Waals surface area contributed by atoms with Gasteiger partial charge in [0.1, 0.15) is 5.75 Å². The largest absolute Gasteiger partial charge is 2.00 e. The minimum atomic E-state index is 0. The molecule has 1 aromatic carbocycles. The van der Waals surface area contributed by atoms with E-state index < -0.39 is 0 Å². The first kappa shape index (κ1) is 11.9. The van der Waals surface area contributed by atoms with Crippen molar-refractivity contribution in [1.29, 1.82) is 0 Å². The third-order valence-corrected chi connectivity index (χ3v) is 1.54. The van der Waals surface area contributed by atoms with Gasteiger partial charge in [0.05, 0.1) is 20.0 Å². The molecule has 0 aromatic heterocycles. The van der Waals surface area contributed by atoms with E-state index in [2.05, 4.69) is 5.92 Å². The van der Waals surface area contributed by atoms with Crippen LogP contribution in [0.4, 0.5) is 0 Å². The van der Waals surface area contributed by atoms with E-state index in [-0.39, 0.29) is 17.1 Å². The molecule has 1 aromatic rings. The first-order valence-corrected chi connectivity index (χ1v) is 3.46. The van der Waals surface area contributed by atoms with Crippen molar-refractivity contribution in [1.82, 2.24) is 0 Å². The Morgan fingerprint density at radius 2 is 1.92 bits per heavy atom. The maximum atomic E-state index is 6.94. The van der Waals surface area contributed by atoms with Gasteiger partial charge in [-0.3, -0.25) is 5.92 Å². The zero-order valence-electron chi connectivity index (χ0n) is 7.35. The molecule has 0 saturated carbocycles. The van der Waals surface area contributed by atoms with Crippen molar-refractivity contribution in [2.75, 3.05) is 14.2 Å². The van der Waals surface area contributed by atoms with Crippen molar-refractivity contribution in [3.8, 4) is 17.4 Å². The molecule has 0 aliphatic heterocycles. The number of rotatable bonds is 2. The van der Waals surface area contributed by atoms with Crippen LogP contribution < -0.4 is 9.47 Å². The minimum absolute atomic E-state index is 0. The van der Waals surface area contributed by atoms with Gasteiger partial charge in [-0.2, -0.15) is 0 Å². The predicted octanol–water partition coefficient (Wildman–Crippen LogP) is 1.64. The van der Waals surface area contributed by atoms with E-state index in [0.29, 0.717) is 17.1 Å². The molecule has 0 atom stereocenters. The molecule has 0 spiro atoms. The summed E-state index contributed by atoms with van der Waals surface area (Å²) in [6.07, 6.45) is 6.94. The molecule has 3 heteroatoms. The van der Waals surface area contributed by atoms with Crippen molar-refractivity contribution in [3.05, 3.63) is 30.2 Å². The maximum absolute atomic E-state index is 6.94. The van der Waals surface area contributed by atoms with Crippen LogP contribution in [0.15, 0.2) is 18.2 Å². The molecule has 0 N–H and O–H groups in total. The third kappa shape index (κ3) is 2.69. The SMILES string of the molecule is [C-]#Cc1ccc(OC)cc1OC.[Cu+2]. The third-order valence-electron chi connectivity index (χ3n) is 1.54. The average molecular weight is 225 g/mol. The Bertz CT molecular complexity index is 315. The molecule has 0 fully saturated rings. The summed E-state index contributed by atoms with van der Waals surface area (Å²) in [7, 11) is 3.14. The smallest absolute Gasteiger partial charge is 0.514 e.